The molecule has 66 valence electrons. The summed E-state index contributed by atoms with van der Waals surface area (Å²) in [7, 11) is 0. The molecule has 0 saturated heterocycles. The van der Waals surface area contributed by atoms with E-state index in [0.717, 1.165) is 12.2 Å². The van der Waals surface area contributed by atoms with Crippen molar-refractivity contribution in [3.63, 3.8) is 0 Å². The third-order valence-electron chi connectivity index (χ3n) is 1.44. The van der Waals surface area contributed by atoms with Gasteiger partial charge in [-0.25, -0.2) is 0 Å². The smallest absolute Gasteiger partial charge is 0.0731 e. The minimum absolute atomic E-state index is 0.599. The van der Waals surface area contributed by atoms with Gasteiger partial charge in [-0.2, -0.15) is 0 Å². The molecule has 0 spiro atoms. The first-order chi connectivity index (χ1) is 5.79. The van der Waals surface area contributed by atoms with Crippen molar-refractivity contribution in [2.75, 3.05) is 6.61 Å². The number of pyridine rings is 1. The lowest BCUT2D eigenvalue weighted by Gasteiger charge is -2.05. The van der Waals surface area contributed by atoms with Crippen LogP contribution in [0.2, 0.25) is 0 Å². The molecule has 0 aromatic carbocycles. The van der Waals surface area contributed by atoms with Crippen LogP contribution < -0.4 is 0 Å². The molecule has 0 N–H and O–H groups in total. The summed E-state index contributed by atoms with van der Waals surface area (Å²) in [5.41, 5.74) is 1.14. The summed E-state index contributed by atoms with van der Waals surface area (Å²) in [6, 6.07) is 3.95. The SMILES string of the molecule is CC(C)COCc1cccnc1. The highest BCUT2D eigenvalue weighted by atomic mass is 16.5. The maximum Gasteiger partial charge on any atom is 0.0731 e. The van der Waals surface area contributed by atoms with Crippen LogP contribution in [0.4, 0.5) is 0 Å². The largest absolute Gasteiger partial charge is 0.376 e. The van der Waals surface area contributed by atoms with Gasteiger partial charge >= 0.3 is 0 Å². The van der Waals surface area contributed by atoms with Crippen LogP contribution in [0.5, 0.6) is 0 Å². The topological polar surface area (TPSA) is 22.1 Å². The molecule has 0 amide bonds. The molecule has 1 heterocycles. The maximum absolute atomic E-state index is 5.44. The summed E-state index contributed by atoms with van der Waals surface area (Å²) in [4.78, 5) is 4.00. The van der Waals surface area contributed by atoms with Crippen molar-refractivity contribution in [1.29, 1.82) is 0 Å². The van der Waals surface area contributed by atoms with Crippen LogP contribution in [0.1, 0.15) is 19.4 Å². The number of rotatable bonds is 4. The Balaban J connectivity index is 2.25. The van der Waals surface area contributed by atoms with E-state index >= 15 is 0 Å². The number of ether oxygens (including phenoxy) is 1. The zero-order chi connectivity index (χ0) is 8.81. The van der Waals surface area contributed by atoms with Crippen molar-refractivity contribution in [1.82, 2.24) is 4.98 Å². The van der Waals surface area contributed by atoms with Crippen LogP contribution in [-0.2, 0) is 11.3 Å². The molecule has 0 saturated carbocycles. The van der Waals surface area contributed by atoms with Gasteiger partial charge in [0.25, 0.3) is 0 Å². The minimum atomic E-state index is 0.599. The van der Waals surface area contributed by atoms with E-state index < -0.39 is 0 Å². The Morgan fingerprint density at radius 2 is 2.33 bits per heavy atom. The van der Waals surface area contributed by atoms with Gasteiger partial charge in [-0.3, -0.25) is 4.98 Å². The first-order valence-corrected chi connectivity index (χ1v) is 4.25. The summed E-state index contributed by atoms with van der Waals surface area (Å²) in [5.74, 6) is 0.599. The predicted octanol–water partition coefficient (Wildman–Crippen LogP) is 2.25. The first-order valence-electron chi connectivity index (χ1n) is 4.25. The van der Waals surface area contributed by atoms with Crippen molar-refractivity contribution in [2.24, 2.45) is 5.92 Å². The zero-order valence-corrected chi connectivity index (χ0v) is 7.66. The van der Waals surface area contributed by atoms with E-state index in [4.69, 9.17) is 4.74 Å². The average Bonchev–Trinajstić information content (AvgIpc) is 2.05. The summed E-state index contributed by atoms with van der Waals surface area (Å²) in [5, 5.41) is 0. The number of hydrogen-bond donors (Lipinski definition) is 0. The molecule has 0 bridgehead atoms. The summed E-state index contributed by atoms with van der Waals surface area (Å²) in [6.45, 7) is 5.77. The Hall–Kier alpha value is -0.890. The Morgan fingerprint density at radius 3 is 2.92 bits per heavy atom. The fourth-order valence-corrected chi connectivity index (χ4v) is 0.896. The molecule has 12 heavy (non-hydrogen) atoms. The highest BCUT2D eigenvalue weighted by Gasteiger charge is 1.94. The molecule has 1 aromatic rings. The summed E-state index contributed by atoms with van der Waals surface area (Å²) in [6.07, 6.45) is 3.60. The second-order valence-electron chi connectivity index (χ2n) is 3.27. The molecule has 0 aliphatic heterocycles. The van der Waals surface area contributed by atoms with Gasteiger partial charge in [0.05, 0.1) is 6.61 Å². The van der Waals surface area contributed by atoms with E-state index in [0.29, 0.717) is 12.5 Å². The van der Waals surface area contributed by atoms with Crippen molar-refractivity contribution in [2.45, 2.75) is 20.5 Å². The van der Waals surface area contributed by atoms with E-state index in [1.807, 2.05) is 18.3 Å². The standard InChI is InChI=1S/C10H15NO/c1-9(2)7-12-8-10-4-3-5-11-6-10/h3-6,9H,7-8H2,1-2H3. The molecule has 0 atom stereocenters. The second kappa shape index (κ2) is 4.88. The van der Waals surface area contributed by atoms with Crippen molar-refractivity contribution in [3.8, 4) is 0 Å². The first kappa shape index (κ1) is 9.20. The van der Waals surface area contributed by atoms with Gasteiger partial charge in [0.15, 0.2) is 0 Å². The van der Waals surface area contributed by atoms with Gasteiger partial charge in [0.1, 0.15) is 0 Å². The van der Waals surface area contributed by atoms with Crippen molar-refractivity contribution in [3.05, 3.63) is 30.1 Å². The van der Waals surface area contributed by atoms with Gasteiger partial charge in [0.2, 0.25) is 0 Å². The molecular weight excluding hydrogens is 150 g/mol. The van der Waals surface area contributed by atoms with E-state index in [1.54, 1.807) is 6.20 Å². The van der Waals surface area contributed by atoms with Crippen molar-refractivity contribution < 1.29 is 4.74 Å². The minimum Gasteiger partial charge on any atom is -0.376 e. The number of nitrogens with zero attached hydrogens (tertiary/aromatic N) is 1. The van der Waals surface area contributed by atoms with Crippen LogP contribution in [0.3, 0.4) is 0 Å². The fraction of sp³-hybridized carbons (Fsp3) is 0.500. The Labute approximate surface area is 73.6 Å². The maximum atomic E-state index is 5.44. The predicted molar refractivity (Wildman–Crippen MR) is 48.7 cm³/mol. The summed E-state index contributed by atoms with van der Waals surface area (Å²) < 4.78 is 5.44. The van der Waals surface area contributed by atoms with Crippen LogP contribution in [-0.4, -0.2) is 11.6 Å². The Bertz CT molecular complexity index is 208. The number of aromatic nitrogens is 1. The molecule has 1 rings (SSSR count). The van der Waals surface area contributed by atoms with E-state index in [1.165, 1.54) is 0 Å². The Kier molecular flexibility index (Phi) is 3.74. The molecule has 1 aromatic heterocycles. The van der Waals surface area contributed by atoms with E-state index in [2.05, 4.69) is 18.8 Å². The second-order valence-corrected chi connectivity index (χ2v) is 3.27. The third-order valence-corrected chi connectivity index (χ3v) is 1.44. The molecule has 0 fully saturated rings. The summed E-state index contributed by atoms with van der Waals surface area (Å²) >= 11 is 0. The van der Waals surface area contributed by atoms with Gasteiger partial charge < -0.3 is 4.74 Å². The van der Waals surface area contributed by atoms with Crippen LogP contribution in [0.25, 0.3) is 0 Å². The molecule has 2 nitrogen and oxygen atoms in total. The normalized spacial score (nSPS) is 10.6. The highest BCUT2D eigenvalue weighted by Crippen LogP contribution is 2.00. The lowest BCUT2D eigenvalue weighted by Crippen LogP contribution is -2.01. The monoisotopic (exact) mass is 165 g/mol. The molecule has 2 heteroatoms. The molecular formula is C10H15NO. The van der Waals surface area contributed by atoms with Gasteiger partial charge in [-0.15, -0.1) is 0 Å². The van der Waals surface area contributed by atoms with E-state index in [9.17, 15) is 0 Å². The average molecular weight is 165 g/mol. The van der Waals surface area contributed by atoms with Gasteiger partial charge in [0, 0.05) is 19.0 Å². The zero-order valence-electron chi connectivity index (χ0n) is 7.66. The van der Waals surface area contributed by atoms with Crippen LogP contribution >= 0.6 is 0 Å². The van der Waals surface area contributed by atoms with Crippen molar-refractivity contribution >= 4 is 0 Å². The quantitative estimate of drug-likeness (QED) is 0.682. The lowest BCUT2D eigenvalue weighted by atomic mass is 10.2. The van der Waals surface area contributed by atoms with E-state index in [-0.39, 0.29) is 0 Å². The molecule has 0 aliphatic rings. The van der Waals surface area contributed by atoms with Gasteiger partial charge in [-0.1, -0.05) is 19.9 Å². The highest BCUT2D eigenvalue weighted by molar-refractivity contribution is 5.06. The Morgan fingerprint density at radius 1 is 1.50 bits per heavy atom. The molecule has 0 radical (unpaired) electrons. The van der Waals surface area contributed by atoms with Crippen LogP contribution in [0.15, 0.2) is 24.5 Å². The number of hydrogen-bond acceptors (Lipinski definition) is 2. The van der Waals surface area contributed by atoms with Gasteiger partial charge in [-0.05, 0) is 17.5 Å². The fourth-order valence-electron chi connectivity index (χ4n) is 0.896. The lowest BCUT2D eigenvalue weighted by molar-refractivity contribution is 0.0969. The van der Waals surface area contributed by atoms with Crippen LogP contribution in [0, 0.1) is 5.92 Å². The molecule has 0 aliphatic carbocycles. The third kappa shape index (κ3) is 3.49. The molecule has 0 unspecified atom stereocenters.